The summed E-state index contributed by atoms with van der Waals surface area (Å²) in [6.45, 7) is 2.83. The largest absolute Gasteiger partial charge is 0.355 e. The Morgan fingerprint density at radius 3 is 2.92 bits per heavy atom. The highest BCUT2D eigenvalue weighted by molar-refractivity contribution is 5.82. The molecule has 0 aromatic heterocycles. The Hall–Kier alpha value is -0.650. The number of hydrogen-bond donors (Lipinski definition) is 2. The third kappa shape index (κ3) is 2.65. The third-order valence-electron chi connectivity index (χ3n) is 2.35. The van der Waals surface area contributed by atoms with Gasteiger partial charge in [0.05, 0.1) is 7.11 Å². The molecule has 1 rings (SSSR count). The molecule has 2 unspecified atom stereocenters. The Kier molecular flexibility index (Phi) is 3.65. The summed E-state index contributed by atoms with van der Waals surface area (Å²) < 4.78 is 0. The second kappa shape index (κ2) is 4.55. The molecule has 0 aliphatic carbocycles. The van der Waals surface area contributed by atoms with Crippen molar-refractivity contribution >= 4 is 5.91 Å². The number of carbonyl (C=O) groups is 1. The van der Waals surface area contributed by atoms with Crippen molar-refractivity contribution in [3.63, 3.8) is 0 Å². The van der Waals surface area contributed by atoms with Crippen LogP contribution in [0.3, 0.4) is 0 Å². The van der Waals surface area contributed by atoms with Gasteiger partial charge in [-0.1, -0.05) is 6.92 Å². The number of rotatable bonds is 3. The van der Waals surface area contributed by atoms with Gasteiger partial charge in [0.25, 0.3) is 0 Å². The molecular formula is C8H17N3O2. The lowest BCUT2D eigenvalue weighted by Gasteiger charge is -2.31. The van der Waals surface area contributed by atoms with Crippen molar-refractivity contribution in [3.8, 4) is 0 Å². The predicted molar refractivity (Wildman–Crippen MR) is 48.5 cm³/mol. The fourth-order valence-corrected chi connectivity index (χ4v) is 1.39. The lowest BCUT2D eigenvalue weighted by molar-refractivity contribution is -0.169. The maximum atomic E-state index is 11.4. The molecule has 1 heterocycles. The van der Waals surface area contributed by atoms with E-state index in [1.54, 1.807) is 14.2 Å². The standard InChI is InChI=1S/C8H17N3O2/c1-6-4-5-9-8(12)7(6)10-11(2)13-3/h6-7,10H,4-5H2,1-3H3,(H,9,12). The SMILES string of the molecule is CON(C)NC1C(=O)NCCC1C. The van der Waals surface area contributed by atoms with E-state index in [4.69, 9.17) is 4.84 Å². The van der Waals surface area contributed by atoms with Gasteiger partial charge in [-0.25, -0.2) is 5.43 Å². The number of amides is 1. The van der Waals surface area contributed by atoms with Gasteiger partial charge in [0.1, 0.15) is 6.04 Å². The van der Waals surface area contributed by atoms with Crippen LogP contribution in [0.4, 0.5) is 0 Å². The van der Waals surface area contributed by atoms with Crippen molar-refractivity contribution in [2.24, 2.45) is 5.92 Å². The van der Waals surface area contributed by atoms with Gasteiger partial charge < -0.3 is 5.32 Å². The van der Waals surface area contributed by atoms with Crippen LogP contribution in [0.5, 0.6) is 0 Å². The van der Waals surface area contributed by atoms with Crippen LogP contribution in [0.2, 0.25) is 0 Å². The smallest absolute Gasteiger partial charge is 0.238 e. The summed E-state index contributed by atoms with van der Waals surface area (Å²) in [6.07, 6.45) is 1.00. The maximum Gasteiger partial charge on any atom is 0.238 e. The van der Waals surface area contributed by atoms with Gasteiger partial charge >= 0.3 is 0 Å². The van der Waals surface area contributed by atoms with Crippen molar-refractivity contribution in [3.05, 3.63) is 0 Å². The first kappa shape index (κ1) is 10.4. The molecular weight excluding hydrogens is 170 g/mol. The molecule has 2 N–H and O–H groups in total. The van der Waals surface area contributed by atoms with Gasteiger partial charge in [0.15, 0.2) is 0 Å². The van der Waals surface area contributed by atoms with Crippen molar-refractivity contribution in [1.82, 2.24) is 15.9 Å². The van der Waals surface area contributed by atoms with E-state index >= 15 is 0 Å². The van der Waals surface area contributed by atoms with Crippen LogP contribution >= 0.6 is 0 Å². The molecule has 76 valence electrons. The van der Waals surface area contributed by atoms with E-state index in [1.165, 1.54) is 5.17 Å². The van der Waals surface area contributed by atoms with E-state index in [1.807, 2.05) is 0 Å². The first-order valence-electron chi connectivity index (χ1n) is 4.47. The molecule has 0 aromatic carbocycles. The summed E-state index contributed by atoms with van der Waals surface area (Å²) in [7, 11) is 3.28. The summed E-state index contributed by atoms with van der Waals surface area (Å²) in [5, 5.41) is 4.26. The summed E-state index contributed by atoms with van der Waals surface area (Å²) in [5.41, 5.74) is 2.97. The monoisotopic (exact) mass is 187 g/mol. The molecule has 1 saturated heterocycles. The first-order valence-corrected chi connectivity index (χ1v) is 4.47. The van der Waals surface area contributed by atoms with Crippen molar-refractivity contribution in [2.75, 3.05) is 20.7 Å². The van der Waals surface area contributed by atoms with E-state index < -0.39 is 0 Å². The minimum absolute atomic E-state index is 0.0441. The molecule has 5 nitrogen and oxygen atoms in total. The van der Waals surface area contributed by atoms with Gasteiger partial charge in [-0.2, -0.15) is 0 Å². The van der Waals surface area contributed by atoms with Crippen LogP contribution in [0.1, 0.15) is 13.3 Å². The highest BCUT2D eigenvalue weighted by Gasteiger charge is 2.29. The fourth-order valence-electron chi connectivity index (χ4n) is 1.39. The number of nitrogens with one attached hydrogen (secondary N) is 2. The molecule has 1 aliphatic rings. The average molecular weight is 187 g/mol. The van der Waals surface area contributed by atoms with E-state index in [-0.39, 0.29) is 11.9 Å². The van der Waals surface area contributed by atoms with Crippen LogP contribution in [-0.4, -0.2) is 37.8 Å². The molecule has 1 aliphatic heterocycles. The molecule has 0 saturated carbocycles. The average Bonchev–Trinajstić information content (AvgIpc) is 2.11. The lowest BCUT2D eigenvalue weighted by Crippen LogP contribution is -2.56. The highest BCUT2D eigenvalue weighted by atomic mass is 16.7. The molecule has 1 amide bonds. The topological polar surface area (TPSA) is 53.6 Å². The van der Waals surface area contributed by atoms with Crippen LogP contribution in [0, 0.1) is 5.92 Å². The fraction of sp³-hybridized carbons (Fsp3) is 0.875. The molecule has 2 atom stereocenters. The number of nitrogens with zero attached hydrogens (tertiary/aromatic N) is 1. The van der Waals surface area contributed by atoms with E-state index in [9.17, 15) is 4.79 Å². The Morgan fingerprint density at radius 2 is 2.38 bits per heavy atom. The van der Waals surface area contributed by atoms with Crippen LogP contribution < -0.4 is 10.7 Å². The Balaban J connectivity index is 2.48. The van der Waals surface area contributed by atoms with Crippen molar-refractivity contribution < 1.29 is 9.63 Å². The number of carbonyl (C=O) groups excluding carboxylic acids is 1. The lowest BCUT2D eigenvalue weighted by atomic mass is 9.95. The minimum Gasteiger partial charge on any atom is -0.355 e. The summed E-state index contributed by atoms with van der Waals surface area (Å²) in [4.78, 5) is 16.3. The molecule has 0 spiro atoms. The summed E-state index contributed by atoms with van der Waals surface area (Å²) >= 11 is 0. The van der Waals surface area contributed by atoms with Gasteiger partial charge in [0, 0.05) is 13.6 Å². The third-order valence-corrected chi connectivity index (χ3v) is 2.35. The van der Waals surface area contributed by atoms with E-state index in [2.05, 4.69) is 17.7 Å². The zero-order chi connectivity index (χ0) is 9.84. The zero-order valence-electron chi connectivity index (χ0n) is 8.33. The normalized spacial score (nSPS) is 29.1. The zero-order valence-corrected chi connectivity index (χ0v) is 8.33. The van der Waals surface area contributed by atoms with Gasteiger partial charge in [-0.3, -0.25) is 9.63 Å². The van der Waals surface area contributed by atoms with Crippen LogP contribution in [0.25, 0.3) is 0 Å². The molecule has 0 radical (unpaired) electrons. The molecule has 0 bridgehead atoms. The highest BCUT2D eigenvalue weighted by Crippen LogP contribution is 2.12. The molecule has 13 heavy (non-hydrogen) atoms. The maximum absolute atomic E-state index is 11.4. The Bertz CT molecular complexity index is 186. The number of hydrazine groups is 1. The molecule has 1 fully saturated rings. The van der Waals surface area contributed by atoms with Crippen LogP contribution in [-0.2, 0) is 9.63 Å². The summed E-state index contributed by atoms with van der Waals surface area (Å²) in [5.74, 6) is 0.383. The van der Waals surface area contributed by atoms with E-state index in [0.717, 1.165) is 13.0 Å². The number of hydrogen-bond acceptors (Lipinski definition) is 4. The quantitative estimate of drug-likeness (QED) is 0.585. The summed E-state index contributed by atoms with van der Waals surface area (Å²) in [6, 6.07) is -0.182. The predicted octanol–water partition coefficient (Wildman–Crippen LogP) is -0.491. The van der Waals surface area contributed by atoms with Gasteiger partial charge in [0.2, 0.25) is 5.91 Å². The van der Waals surface area contributed by atoms with Gasteiger partial charge in [-0.05, 0) is 12.3 Å². The van der Waals surface area contributed by atoms with E-state index in [0.29, 0.717) is 5.92 Å². The Morgan fingerprint density at radius 1 is 1.69 bits per heavy atom. The Labute approximate surface area is 78.3 Å². The first-order chi connectivity index (χ1) is 6.15. The number of hydroxylamine groups is 1. The molecule has 0 aromatic rings. The molecule has 5 heteroatoms. The van der Waals surface area contributed by atoms with Crippen molar-refractivity contribution in [1.29, 1.82) is 0 Å². The number of piperidine rings is 1. The van der Waals surface area contributed by atoms with Crippen molar-refractivity contribution in [2.45, 2.75) is 19.4 Å². The second-order valence-electron chi connectivity index (χ2n) is 3.34. The van der Waals surface area contributed by atoms with Gasteiger partial charge in [-0.15, -0.1) is 5.17 Å². The van der Waals surface area contributed by atoms with Crippen LogP contribution in [0.15, 0.2) is 0 Å². The minimum atomic E-state index is -0.182. The second-order valence-corrected chi connectivity index (χ2v) is 3.34.